The topological polar surface area (TPSA) is 75.3 Å². The minimum absolute atomic E-state index is 0.0820. The highest BCUT2D eigenvalue weighted by atomic mass is 35.5. The summed E-state index contributed by atoms with van der Waals surface area (Å²) in [5.74, 6) is -0.566. The highest BCUT2D eigenvalue weighted by Crippen LogP contribution is 2.13. The summed E-state index contributed by atoms with van der Waals surface area (Å²) in [6, 6.07) is 13.1. The van der Waals surface area contributed by atoms with Crippen LogP contribution in [0.3, 0.4) is 0 Å². The summed E-state index contributed by atoms with van der Waals surface area (Å²) in [6.07, 6.45) is 0.197. The van der Waals surface area contributed by atoms with Crippen LogP contribution in [0.4, 0.5) is 5.69 Å². The fraction of sp³-hybridized carbons (Fsp3) is 0.167. The molecule has 124 valence electrons. The molecule has 2 aromatic rings. The maximum atomic E-state index is 12.0. The van der Waals surface area contributed by atoms with Gasteiger partial charge in [0.1, 0.15) is 0 Å². The van der Waals surface area contributed by atoms with Gasteiger partial charge in [-0.25, -0.2) is 0 Å². The molecule has 6 heteroatoms. The molecule has 0 spiro atoms. The van der Waals surface area contributed by atoms with E-state index >= 15 is 0 Å². The van der Waals surface area contributed by atoms with Gasteiger partial charge in [-0.15, -0.1) is 0 Å². The van der Waals surface area contributed by atoms with E-state index in [0.717, 1.165) is 0 Å². The van der Waals surface area contributed by atoms with E-state index in [-0.39, 0.29) is 30.4 Å². The summed E-state index contributed by atoms with van der Waals surface area (Å²) in [5, 5.41) is 5.78. The number of ketones is 1. The monoisotopic (exact) mass is 344 g/mol. The van der Waals surface area contributed by atoms with Crippen LogP contribution in [0.1, 0.15) is 33.6 Å². The molecule has 0 saturated heterocycles. The Morgan fingerprint density at radius 1 is 0.875 bits per heavy atom. The minimum Gasteiger partial charge on any atom is -0.355 e. The van der Waals surface area contributed by atoms with Crippen LogP contribution < -0.4 is 10.6 Å². The zero-order valence-electron chi connectivity index (χ0n) is 13.1. The number of carbonyl (C=O) groups is 3. The van der Waals surface area contributed by atoms with Gasteiger partial charge in [0.25, 0.3) is 5.91 Å². The van der Waals surface area contributed by atoms with Crippen molar-refractivity contribution in [3.05, 3.63) is 64.7 Å². The molecule has 2 N–H and O–H groups in total. The van der Waals surface area contributed by atoms with Crippen LogP contribution in [-0.4, -0.2) is 24.6 Å². The Labute approximate surface area is 145 Å². The van der Waals surface area contributed by atoms with E-state index in [1.165, 1.54) is 0 Å². The van der Waals surface area contributed by atoms with Crippen molar-refractivity contribution < 1.29 is 14.4 Å². The number of amides is 2. The largest absolute Gasteiger partial charge is 0.355 e. The van der Waals surface area contributed by atoms with Gasteiger partial charge in [-0.3, -0.25) is 14.4 Å². The van der Waals surface area contributed by atoms with Crippen molar-refractivity contribution in [2.75, 3.05) is 12.4 Å². The van der Waals surface area contributed by atoms with Gasteiger partial charge >= 0.3 is 0 Å². The Kier molecular flexibility index (Phi) is 6.09. The third kappa shape index (κ3) is 4.93. The van der Waals surface area contributed by atoms with Crippen molar-refractivity contribution in [3.8, 4) is 0 Å². The number of Topliss-reactive ketones (excluding diaryl/α,β-unsaturated/α-hetero) is 1. The Morgan fingerprint density at radius 3 is 2.04 bits per heavy atom. The van der Waals surface area contributed by atoms with Crippen molar-refractivity contribution in [3.63, 3.8) is 0 Å². The summed E-state index contributed by atoms with van der Waals surface area (Å²) in [7, 11) is 1.55. The van der Waals surface area contributed by atoms with E-state index in [2.05, 4.69) is 10.6 Å². The fourth-order valence-electron chi connectivity index (χ4n) is 2.08. The number of carbonyl (C=O) groups excluding carboxylic acids is 3. The van der Waals surface area contributed by atoms with Gasteiger partial charge in [0.05, 0.1) is 0 Å². The van der Waals surface area contributed by atoms with E-state index in [0.29, 0.717) is 21.8 Å². The number of hydrogen-bond acceptors (Lipinski definition) is 3. The molecule has 0 aromatic heterocycles. The van der Waals surface area contributed by atoms with Gasteiger partial charge in [0, 0.05) is 41.7 Å². The molecule has 5 nitrogen and oxygen atoms in total. The Hall–Kier alpha value is -2.66. The lowest BCUT2D eigenvalue weighted by Crippen LogP contribution is -2.18. The molecular formula is C18H17ClN2O3. The highest BCUT2D eigenvalue weighted by Gasteiger charge is 2.10. The van der Waals surface area contributed by atoms with Crippen LogP contribution in [0.5, 0.6) is 0 Å². The molecule has 24 heavy (non-hydrogen) atoms. The summed E-state index contributed by atoms with van der Waals surface area (Å²) in [5.41, 5.74) is 1.61. The van der Waals surface area contributed by atoms with E-state index in [1.807, 2.05) is 0 Å². The second kappa shape index (κ2) is 8.26. The van der Waals surface area contributed by atoms with Gasteiger partial charge in [0.15, 0.2) is 5.78 Å². The van der Waals surface area contributed by atoms with Crippen molar-refractivity contribution in [2.45, 2.75) is 12.8 Å². The van der Waals surface area contributed by atoms with Gasteiger partial charge < -0.3 is 10.6 Å². The number of benzene rings is 2. The molecule has 0 radical (unpaired) electrons. The van der Waals surface area contributed by atoms with E-state index in [1.54, 1.807) is 55.6 Å². The zero-order chi connectivity index (χ0) is 17.5. The quantitative estimate of drug-likeness (QED) is 0.789. The number of anilines is 1. The lowest BCUT2D eigenvalue weighted by molar-refractivity contribution is -0.116. The fourth-order valence-corrected chi connectivity index (χ4v) is 2.21. The van der Waals surface area contributed by atoms with Crippen molar-refractivity contribution >= 4 is 34.9 Å². The summed E-state index contributed by atoms with van der Waals surface area (Å²) in [4.78, 5) is 35.3. The molecule has 0 atom stereocenters. The summed E-state index contributed by atoms with van der Waals surface area (Å²) < 4.78 is 0. The molecule has 2 amide bonds. The third-order valence-corrected chi connectivity index (χ3v) is 3.66. The van der Waals surface area contributed by atoms with Crippen molar-refractivity contribution in [1.82, 2.24) is 5.32 Å². The van der Waals surface area contributed by atoms with Crippen LogP contribution in [0, 0.1) is 0 Å². The van der Waals surface area contributed by atoms with Crippen molar-refractivity contribution in [2.24, 2.45) is 0 Å². The SMILES string of the molecule is CNC(=O)c1ccc(NC(=O)CCC(=O)c2ccc(Cl)cc2)cc1. The van der Waals surface area contributed by atoms with Crippen molar-refractivity contribution in [1.29, 1.82) is 0 Å². The molecule has 0 aliphatic carbocycles. The first-order chi connectivity index (χ1) is 11.5. The highest BCUT2D eigenvalue weighted by molar-refractivity contribution is 6.30. The standard InChI is InChI=1S/C18H17ClN2O3/c1-20-18(24)13-4-8-15(9-5-13)21-17(23)11-10-16(22)12-2-6-14(19)7-3-12/h2-9H,10-11H2,1H3,(H,20,24)(H,21,23). The second-order valence-corrected chi connectivity index (χ2v) is 5.57. The Balaban J connectivity index is 1.85. The Bertz CT molecular complexity index is 740. The van der Waals surface area contributed by atoms with Crippen LogP contribution in [-0.2, 0) is 4.79 Å². The first-order valence-corrected chi connectivity index (χ1v) is 7.78. The van der Waals surface area contributed by atoms with Gasteiger partial charge in [-0.1, -0.05) is 11.6 Å². The molecular weight excluding hydrogens is 328 g/mol. The number of nitrogens with one attached hydrogen (secondary N) is 2. The lowest BCUT2D eigenvalue weighted by atomic mass is 10.1. The van der Waals surface area contributed by atoms with Gasteiger partial charge in [-0.2, -0.15) is 0 Å². The number of halogens is 1. The van der Waals surface area contributed by atoms with E-state index < -0.39 is 0 Å². The average molecular weight is 345 g/mol. The molecule has 2 aromatic carbocycles. The van der Waals surface area contributed by atoms with E-state index in [9.17, 15) is 14.4 Å². The smallest absolute Gasteiger partial charge is 0.251 e. The normalized spacial score (nSPS) is 10.1. The molecule has 0 unspecified atom stereocenters. The molecule has 2 rings (SSSR count). The average Bonchev–Trinajstić information content (AvgIpc) is 2.60. The maximum Gasteiger partial charge on any atom is 0.251 e. The third-order valence-electron chi connectivity index (χ3n) is 3.40. The number of rotatable bonds is 6. The molecule has 0 aliphatic rings. The summed E-state index contributed by atoms with van der Waals surface area (Å²) in [6.45, 7) is 0. The molecule has 0 heterocycles. The van der Waals surface area contributed by atoms with Gasteiger partial charge in [0.2, 0.25) is 5.91 Å². The predicted molar refractivity (Wildman–Crippen MR) is 93.5 cm³/mol. The number of hydrogen-bond donors (Lipinski definition) is 2. The summed E-state index contributed by atoms with van der Waals surface area (Å²) >= 11 is 5.77. The van der Waals surface area contributed by atoms with Gasteiger partial charge in [-0.05, 0) is 48.5 Å². The van der Waals surface area contributed by atoms with E-state index in [4.69, 9.17) is 11.6 Å². The molecule has 0 fully saturated rings. The first kappa shape index (κ1) is 17.7. The molecule has 0 aliphatic heterocycles. The first-order valence-electron chi connectivity index (χ1n) is 7.40. The van der Waals surface area contributed by atoms with Crippen LogP contribution in [0.25, 0.3) is 0 Å². The molecule has 0 bridgehead atoms. The maximum absolute atomic E-state index is 12.0. The van der Waals surface area contributed by atoms with Crippen LogP contribution >= 0.6 is 11.6 Å². The zero-order valence-corrected chi connectivity index (χ0v) is 13.9. The molecule has 0 saturated carbocycles. The van der Waals surface area contributed by atoms with Crippen LogP contribution in [0.15, 0.2) is 48.5 Å². The second-order valence-electron chi connectivity index (χ2n) is 5.13. The Morgan fingerprint density at radius 2 is 1.46 bits per heavy atom. The lowest BCUT2D eigenvalue weighted by Gasteiger charge is -2.06. The van der Waals surface area contributed by atoms with Crippen LogP contribution in [0.2, 0.25) is 5.02 Å². The predicted octanol–water partition coefficient (Wildman–Crippen LogP) is 3.30. The minimum atomic E-state index is -0.259.